The zero-order valence-electron chi connectivity index (χ0n) is 10.3. The Kier molecular flexibility index (Phi) is 3.36. The van der Waals surface area contributed by atoms with E-state index in [-0.39, 0.29) is 0 Å². The summed E-state index contributed by atoms with van der Waals surface area (Å²) in [6.07, 6.45) is 6.82. The highest BCUT2D eigenvalue weighted by Crippen LogP contribution is 2.43. The molecule has 2 nitrogen and oxygen atoms in total. The highest BCUT2D eigenvalue weighted by atomic mass is 15.2. The molecule has 2 aliphatic rings. The minimum Gasteiger partial charge on any atom is -0.329 e. The molecule has 0 spiro atoms. The van der Waals surface area contributed by atoms with Crippen LogP contribution in [0.15, 0.2) is 0 Å². The maximum absolute atomic E-state index is 6.01. The number of nitrogens with two attached hydrogens (primary N) is 1. The summed E-state index contributed by atoms with van der Waals surface area (Å²) in [5, 5.41) is 0. The van der Waals surface area contributed by atoms with Gasteiger partial charge in [0.1, 0.15) is 0 Å². The van der Waals surface area contributed by atoms with E-state index in [4.69, 9.17) is 5.73 Å². The van der Waals surface area contributed by atoms with E-state index in [1.54, 1.807) is 0 Å². The van der Waals surface area contributed by atoms with Crippen LogP contribution in [0.25, 0.3) is 0 Å². The molecule has 1 atom stereocenters. The second kappa shape index (κ2) is 4.42. The van der Waals surface area contributed by atoms with Gasteiger partial charge in [-0.15, -0.1) is 0 Å². The van der Waals surface area contributed by atoms with E-state index in [0.717, 1.165) is 18.4 Å². The van der Waals surface area contributed by atoms with E-state index in [1.807, 2.05) is 0 Å². The molecule has 0 aromatic carbocycles. The molecule has 0 amide bonds. The van der Waals surface area contributed by atoms with E-state index in [2.05, 4.69) is 18.7 Å². The Bertz CT molecular complexity index is 209. The topological polar surface area (TPSA) is 29.3 Å². The molecule has 2 heteroatoms. The Balaban J connectivity index is 1.96. The minimum absolute atomic E-state index is 0.396. The van der Waals surface area contributed by atoms with Crippen LogP contribution < -0.4 is 5.73 Å². The summed E-state index contributed by atoms with van der Waals surface area (Å²) < 4.78 is 0. The second-order valence-electron chi connectivity index (χ2n) is 5.80. The first-order valence-electron chi connectivity index (χ1n) is 6.65. The Morgan fingerprint density at radius 3 is 2.67 bits per heavy atom. The molecule has 1 unspecified atom stereocenters. The quantitative estimate of drug-likeness (QED) is 0.774. The Morgan fingerprint density at radius 1 is 1.40 bits per heavy atom. The lowest BCUT2D eigenvalue weighted by Gasteiger charge is -2.55. The van der Waals surface area contributed by atoms with Gasteiger partial charge in [-0.2, -0.15) is 0 Å². The van der Waals surface area contributed by atoms with Crippen LogP contribution in [-0.4, -0.2) is 30.1 Å². The maximum Gasteiger partial charge on any atom is 0.0336 e. The largest absolute Gasteiger partial charge is 0.329 e. The summed E-state index contributed by atoms with van der Waals surface area (Å²) in [5.74, 6) is 1.83. The van der Waals surface area contributed by atoms with E-state index in [1.165, 1.54) is 45.2 Å². The first-order valence-corrected chi connectivity index (χ1v) is 6.65. The molecule has 1 heterocycles. The lowest BCUT2D eigenvalue weighted by molar-refractivity contribution is -0.0373. The molecule has 2 fully saturated rings. The fraction of sp³-hybridized carbons (Fsp3) is 1.00. The van der Waals surface area contributed by atoms with Crippen LogP contribution in [0.1, 0.15) is 46.0 Å². The predicted molar refractivity (Wildman–Crippen MR) is 64.8 cm³/mol. The van der Waals surface area contributed by atoms with Gasteiger partial charge in [0.15, 0.2) is 0 Å². The van der Waals surface area contributed by atoms with Crippen LogP contribution in [0.4, 0.5) is 0 Å². The van der Waals surface area contributed by atoms with Gasteiger partial charge in [0.05, 0.1) is 0 Å². The summed E-state index contributed by atoms with van der Waals surface area (Å²) in [7, 11) is 0. The van der Waals surface area contributed by atoms with E-state index in [0.29, 0.717) is 5.54 Å². The monoisotopic (exact) mass is 210 g/mol. The van der Waals surface area contributed by atoms with E-state index >= 15 is 0 Å². The molecule has 2 rings (SSSR count). The van der Waals surface area contributed by atoms with Crippen molar-refractivity contribution in [3.05, 3.63) is 0 Å². The highest BCUT2D eigenvalue weighted by Gasteiger charge is 2.46. The summed E-state index contributed by atoms with van der Waals surface area (Å²) in [4.78, 5) is 2.71. The van der Waals surface area contributed by atoms with Crippen molar-refractivity contribution in [2.45, 2.75) is 51.5 Å². The number of rotatable bonds is 3. The SMILES string of the molecule is CCC1CCCN(C2(CN)CC(C)C2)C1. The summed E-state index contributed by atoms with van der Waals surface area (Å²) in [6, 6.07) is 0. The molecule has 1 saturated heterocycles. The maximum atomic E-state index is 6.01. The molecule has 15 heavy (non-hydrogen) atoms. The Hall–Kier alpha value is -0.0800. The van der Waals surface area contributed by atoms with E-state index in [9.17, 15) is 0 Å². The van der Waals surface area contributed by atoms with Crippen molar-refractivity contribution >= 4 is 0 Å². The van der Waals surface area contributed by atoms with Crippen molar-refractivity contribution in [1.29, 1.82) is 0 Å². The van der Waals surface area contributed by atoms with Crippen molar-refractivity contribution in [2.75, 3.05) is 19.6 Å². The highest BCUT2D eigenvalue weighted by molar-refractivity contribution is 5.03. The van der Waals surface area contributed by atoms with Crippen LogP contribution in [-0.2, 0) is 0 Å². The van der Waals surface area contributed by atoms with Crippen molar-refractivity contribution < 1.29 is 0 Å². The van der Waals surface area contributed by atoms with Crippen molar-refractivity contribution in [1.82, 2.24) is 4.90 Å². The molecule has 1 aliphatic carbocycles. The number of likely N-dealkylation sites (tertiary alicyclic amines) is 1. The van der Waals surface area contributed by atoms with Gasteiger partial charge in [-0.25, -0.2) is 0 Å². The lowest BCUT2D eigenvalue weighted by atomic mass is 9.67. The Morgan fingerprint density at radius 2 is 2.13 bits per heavy atom. The smallest absolute Gasteiger partial charge is 0.0336 e. The van der Waals surface area contributed by atoms with Gasteiger partial charge in [0, 0.05) is 18.6 Å². The second-order valence-corrected chi connectivity index (χ2v) is 5.80. The van der Waals surface area contributed by atoms with Gasteiger partial charge in [-0.3, -0.25) is 4.90 Å². The molecule has 0 aromatic rings. The first-order chi connectivity index (χ1) is 7.20. The summed E-state index contributed by atoms with van der Waals surface area (Å²) >= 11 is 0. The van der Waals surface area contributed by atoms with Crippen LogP contribution in [0, 0.1) is 11.8 Å². The molecule has 88 valence electrons. The molecular formula is C13H26N2. The van der Waals surface area contributed by atoms with Crippen LogP contribution >= 0.6 is 0 Å². The number of piperidine rings is 1. The van der Waals surface area contributed by atoms with Crippen LogP contribution in [0.2, 0.25) is 0 Å². The molecule has 0 aromatic heterocycles. The van der Waals surface area contributed by atoms with Gasteiger partial charge in [-0.1, -0.05) is 20.3 Å². The first kappa shape index (κ1) is 11.4. The molecule has 0 bridgehead atoms. The van der Waals surface area contributed by atoms with Gasteiger partial charge >= 0.3 is 0 Å². The fourth-order valence-corrected chi connectivity index (χ4v) is 3.62. The molecule has 1 aliphatic heterocycles. The van der Waals surface area contributed by atoms with Crippen molar-refractivity contribution in [2.24, 2.45) is 17.6 Å². The third-order valence-corrected chi connectivity index (χ3v) is 4.60. The molecule has 1 saturated carbocycles. The van der Waals surface area contributed by atoms with Gasteiger partial charge < -0.3 is 5.73 Å². The van der Waals surface area contributed by atoms with Gasteiger partial charge in [-0.05, 0) is 44.1 Å². The molecular weight excluding hydrogens is 184 g/mol. The third kappa shape index (κ3) is 2.07. The molecule has 2 N–H and O–H groups in total. The normalized spacial score (nSPS) is 42.6. The summed E-state index contributed by atoms with van der Waals surface area (Å²) in [5.41, 5.74) is 6.40. The van der Waals surface area contributed by atoms with E-state index < -0.39 is 0 Å². The van der Waals surface area contributed by atoms with Crippen molar-refractivity contribution in [3.63, 3.8) is 0 Å². The third-order valence-electron chi connectivity index (χ3n) is 4.60. The Labute approximate surface area is 94.2 Å². The average Bonchev–Trinajstić information content (AvgIpc) is 2.24. The van der Waals surface area contributed by atoms with Crippen LogP contribution in [0.3, 0.4) is 0 Å². The van der Waals surface area contributed by atoms with Gasteiger partial charge in [0.25, 0.3) is 0 Å². The lowest BCUT2D eigenvalue weighted by Crippen LogP contribution is -2.63. The van der Waals surface area contributed by atoms with Gasteiger partial charge in [0.2, 0.25) is 0 Å². The zero-order valence-corrected chi connectivity index (χ0v) is 10.3. The number of hydrogen-bond acceptors (Lipinski definition) is 2. The molecule has 0 radical (unpaired) electrons. The minimum atomic E-state index is 0.396. The zero-order chi connectivity index (χ0) is 10.9. The number of nitrogens with zero attached hydrogens (tertiary/aromatic N) is 1. The van der Waals surface area contributed by atoms with Crippen LogP contribution in [0.5, 0.6) is 0 Å². The predicted octanol–water partition coefficient (Wildman–Crippen LogP) is 2.24. The fourth-order valence-electron chi connectivity index (χ4n) is 3.62. The van der Waals surface area contributed by atoms with Crippen molar-refractivity contribution in [3.8, 4) is 0 Å². The standard InChI is InChI=1S/C13H26N2/c1-3-12-5-4-6-15(9-12)13(10-14)7-11(2)8-13/h11-12H,3-10,14H2,1-2H3. The number of hydrogen-bond donors (Lipinski definition) is 1. The average molecular weight is 210 g/mol. The summed E-state index contributed by atoms with van der Waals surface area (Å²) in [6.45, 7) is 8.15.